The fourth-order valence-electron chi connectivity index (χ4n) is 5.86. The Morgan fingerprint density at radius 2 is 1.78 bits per heavy atom. The van der Waals surface area contributed by atoms with E-state index in [0.717, 1.165) is 75.0 Å². The maximum Gasteiger partial charge on any atom is 0.272 e. The second-order valence-corrected chi connectivity index (χ2v) is 10.9. The second-order valence-electron chi connectivity index (χ2n) is 10.9. The minimum atomic E-state index is -0.548. The van der Waals surface area contributed by atoms with Gasteiger partial charge in [-0.1, -0.05) is 36.4 Å². The van der Waals surface area contributed by atoms with Crippen LogP contribution in [0.25, 0.3) is 11.1 Å². The molecule has 2 fully saturated rings. The van der Waals surface area contributed by atoms with Gasteiger partial charge in [-0.25, -0.2) is 9.37 Å². The summed E-state index contributed by atoms with van der Waals surface area (Å²) in [6, 6.07) is 14.9. The first-order valence-corrected chi connectivity index (χ1v) is 13.4. The van der Waals surface area contributed by atoms with Crippen LogP contribution in [0.5, 0.6) is 0 Å². The molecule has 5 rings (SSSR count). The number of aliphatic hydroxyl groups is 1. The van der Waals surface area contributed by atoms with E-state index in [1.807, 2.05) is 34.6 Å². The van der Waals surface area contributed by atoms with Crippen LogP contribution in [0.2, 0.25) is 0 Å². The quantitative estimate of drug-likeness (QED) is 0.523. The van der Waals surface area contributed by atoms with Gasteiger partial charge in [0.25, 0.3) is 5.91 Å². The SMILES string of the molecule is CC(c1ccccc1-c1ccc(F)cc1)n1cncc1C(=O)N1CCCC(N2CCC(C)(O)CC2)CC1. The van der Waals surface area contributed by atoms with Gasteiger partial charge < -0.3 is 19.5 Å². The predicted molar refractivity (Wildman–Crippen MR) is 143 cm³/mol. The maximum absolute atomic E-state index is 13.7. The third kappa shape index (κ3) is 5.63. The zero-order valence-electron chi connectivity index (χ0n) is 21.8. The van der Waals surface area contributed by atoms with E-state index in [9.17, 15) is 14.3 Å². The third-order valence-corrected chi connectivity index (χ3v) is 8.24. The summed E-state index contributed by atoms with van der Waals surface area (Å²) >= 11 is 0. The van der Waals surface area contributed by atoms with Gasteiger partial charge in [0.15, 0.2) is 0 Å². The molecule has 0 aliphatic carbocycles. The van der Waals surface area contributed by atoms with Gasteiger partial charge in [0.05, 0.1) is 24.2 Å². The molecule has 1 N–H and O–H groups in total. The van der Waals surface area contributed by atoms with Crippen molar-refractivity contribution in [3.63, 3.8) is 0 Å². The lowest BCUT2D eigenvalue weighted by Crippen LogP contribution is -2.47. The lowest BCUT2D eigenvalue weighted by Gasteiger charge is -2.40. The second kappa shape index (κ2) is 10.8. The average Bonchev–Trinajstić information content (AvgIpc) is 3.26. The van der Waals surface area contributed by atoms with Crippen molar-refractivity contribution in [2.75, 3.05) is 26.2 Å². The average molecular weight is 505 g/mol. The molecule has 0 saturated carbocycles. The third-order valence-electron chi connectivity index (χ3n) is 8.24. The molecule has 2 aliphatic heterocycles. The number of hydrogen-bond acceptors (Lipinski definition) is 4. The molecule has 0 bridgehead atoms. The van der Waals surface area contributed by atoms with Crippen molar-refractivity contribution in [3.05, 3.63) is 78.1 Å². The summed E-state index contributed by atoms with van der Waals surface area (Å²) < 4.78 is 15.5. The predicted octanol–water partition coefficient (Wildman–Crippen LogP) is 5.14. The number of amides is 1. The molecule has 2 atom stereocenters. The number of aromatic nitrogens is 2. The summed E-state index contributed by atoms with van der Waals surface area (Å²) in [6.45, 7) is 7.31. The number of carbonyl (C=O) groups is 1. The molecule has 37 heavy (non-hydrogen) atoms. The van der Waals surface area contributed by atoms with Crippen LogP contribution in [0.4, 0.5) is 4.39 Å². The van der Waals surface area contributed by atoms with Crippen LogP contribution in [0, 0.1) is 5.82 Å². The number of piperidine rings is 1. The summed E-state index contributed by atoms with van der Waals surface area (Å²) in [5.41, 5.74) is 3.05. The van der Waals surface area contributed by atoms with E-state index >= 15 is 0 Å². The Morgan fingerprint density at radius 1 is 1.05 bits per heavy atom. The van der Waals surface area contributed by atoms with Crippen LogP contribution >= 0.6 is 0 Å². The monoisotopic (exact) mass is 504 g/mol. The number of benzene rings is 2. The van der Waals surface area contributed by atoms with E-state index in [0.29, 0.717) is 11.7 Å². The van der Waals surface area contributed by atoms with Crippen molar-refractivity contribution >= 4 is 5.91 Å². The Labute approximate surface area is 218 Å². The number of halogens is 1. The van der Waals surface area contributed by atoms with Crippen molar-refractivity contribution in [3.8, 4) is 11.1 Å². The zero-order chi connectivity index (χ0) is 26.0. The molecule has 7 heteroatoms. The highest BCUT2D eigenvalue weighted by atomic mass is 19.1. The fraction of sp³-hybridized carbons (Fsp3) is 0.467. The van der Waals surface area contributed by atoms with Gasteiger partial charge in [0.2, 0.25) is 0 Å². The number of likely N-dealkylation sites (tertiary alicyclic amines) is 2. The standard InChI is InChI=1S/C30H37FN4O2/c1-22(26-7-3-4-8-27(26)23-9-11-24(31)12-10-23)35-21-32-20-28(35)29(36)34-16-5-6-25(13-17-34)33-18-14-30(2,37)15-19-33/h3-4,7-12,20-22,25,37H,5-6,13-19H2,1-2H3. The van der Waals surface area contributed by atoms with Gasteiger partial charge >= 0.3 is 0 Å². The van der Waals surface area contributed by atoms with Crippen molar-refractivity contribution in [2.24, 2.45) is 0 Å². The van der Waals surface area contributed by atoms with Crippen LogP contribution < -0.4 is 0 Å². The Bertz CT molecular complexity index is 1210. The number of carbonyl (C=O) groups excluding carboxylic acids is 1. The highest BCUT2D eigenvalue weighted by Crippen LogP contribution is 2.32. The first-order valence-electron chi connectivity index (χ1n) is 13.4. The van der Waals surface area contributed by atoms with Gasteiger partial charge in [-0.2, -0.15) is 0 Å². The van der Waals surface area contributed by atoms with Crippen molar-refractivity contribution < 1.29 is 14.3 Å². The molecular formula is C30H37FN4O2. The molecular weight excluding hydrogens is 467 g/mol. The molecule has 0 spiro atoms. The number of nitrogens with zero attached hydrogens (tertiary/aromatic N) is 4. The Kier molecular flexibility index (Phi) is 7.45. The lowest BCUT2D eigenvalue weighted by atomic mass is 9.92. The summed E-state index contributed by atoms with van der Waals surface area (Å²) in [7, 11) is 0. The smallest absolute Gasteiger partial charge is 0.272 e. The first kappa shape index (κ1) is 25.6. The molecule has 2 saturated heterocycles. The van der Waals surface area contributed by atoms with Crippen molar-refractivity contribution in [1.29, 1.82) is 0 Å². The molecule has 3 heterocycles. The molecule has 1 amide bonds. The van der Waals surface area contributed by atoms with E-state index in [1.54, 1.807) is 24.7 Å². The van der Waals surface area contributed by atoms with Gasteiger partial charge in [-0.15, -0.1) is 0 Å². The van der Waals surface area contributed by atoms with Crippen LogP contribution in [0.1, 0.15) is 68.0 Å². The van der Waals surface area contributed by atoms with E-state index in [1.165, 1.54) is 12.1 Å². The highest BCUT2D eigenvalue weighted by Gasteiger charge is 2.33. The molecule has 0 radical (unpaired) electrons. The van der Waals surface area contributed by atoms with Gasteiger partial charge in [0.1, 0.15) is 11.5 Å². The van der Waals surface area contributed by atoms with Crippen LogP contribution in [-0.2, 0) is 0 Å². The normalized spacial score (nSPS) is 21.4. The molecule has 2 aromatic carbocycles. The first-order chi connectivity index (χ1) is 17.8. The maximum atomic E-state index is 13.7. The van der Waals surface area contributed by atoms with Gasteiger partial charge in [0, 0.05) is 32.2 Å². The highest BCUT2D eigenvalue weighted by molar-refractivity contribution is 5.92. The van der Waals surface area contributed by atoms with Crippen LogP contribution in [-0.4, -0.2) is 68.2 Å². The largest absolute Gasteiger partial charge is 0.390 e. The number of imidazole rings is 1. The topological polar surface area (TPSA) is 61.6 Å². The Hall–Kier alpha value is -3.03. The molecule has 196 valence electrons. The van der Waals surface area contributed by atoms with Gasteiger partial charge in [-0.05, 0) is 74.8 Å². The van der Waals surface area contributed by atoms with E-state index in [4.69, 9.17) is 0 Å². The molecule has 2 aliphatic rings. The van der Waals surface area contributed by atoms with E-state index in [2.05, 4.69) is 22.9 Å². The fourth-order valence-corrected chi connectivity index (χ4v) is 5.86. The van der Waals surface area contributed by atoms with Crippen molar-refractivity contribution in [1.82, 2.24) is 19.4 Å². The lowest BCUT2D eigenvalue weighted by molar-refractivity contribution is -0.0180. The summed E-state index contributed by atoms with van der Waals surface area (Å²) in [4.78, 5) is 22.5. The van der Waals surface area contributed by atoms with E-state index < -0.39 is 5.60 Å². The van der Waals surface area contributed by atoms with Crippen LogP contribution in [0.15, 0.2) is 61.1 Å². The summed E-state index contributed by atoms with van der Waals surface area (Å²) in [6.07, 6.45) is 8.03. The minimum Gasteiger partial charge on any atom is -0.390 e. The molecule has 6 nitrogen and oxygen atoms in total. The van der Waals surface area contributed by atoms with Crippen LogP contribution in [0.3, 0.4) is 0 Å². The van der Waals surface area contributed by atoms with E-state index in [-0.39, 0.29) is 17.8 Å². The number of rotatable bonds is 5. The molecule has 3 aromatic rings. The Balaban J connectivity index is 1.31. The zero-order valence-corrected chi connectivity index (χ0v) is 21.8. The van der Waals surface area contributed by atoms with Crippen molar-refractivity contribution in [2.45, 2.75) is 63.6 Å². The molecule has 1 aromatic heterocycles. The number of hydrogen-bond donors (Lipinski definition) is 1. The summed E-state index contributed by atoms with van der Waals surface area (Å²) in [5.74, 6) is -0.241. The van der Waals surface area contributed by atoms with Gasteiger partial charge in [-0.3, -0.25) is 4.79 Å². The Morgan fingerprint density at radius 3 is 2.54 bits per heavy atom. The minimum absolute atomic E-state index is 0.0193. The summed E-state index contributed by atoms with van der Waals surface area (Å²) in [5, 5.41) is 10.3. The molecule has 2 unspecified atom stereocenters.